The quantitative estimate of drug-likeness (QED) is 0.699. The topological polar surface area (TPSA) is 12.0 Å². The van der Waals surface area contributed by atoms with E-state index in [1.54, 1.807) is 5.56 Å². The summed E-state index contributed by atoms with van der Waals surface area (Å²) >= 11 is 1.89. The van der Waals surface area contributed by atoms with Gasteiger partial charge >= 0.3 is 0 Å². The molecule has 1 heterocycles. The van der Waals surface area contributed by atoms with E-state index in [9.17, 15) is 0 Å². The highest BCUT2D eigenvalue weighted by molar-refractivity contribution is 7.10. The summed E-state index contributed by atoms with van der Waals surface area (Å²) in [6, 6.07) is 2.92. The van der Waals surface area contributed by atoms with Crippen molar-refractivity contribution >= 4 is 11.3 Å². The zero-order chi connectivity index (χ0) is 13.5. The summed E-state index contributed by atoms with van der Waals surface area (Å²) in [7, 11) is 0. The van der Waals surface area contributed by atoms with Crippen LogP contribution in [0.5, 0.6) is 0 Å². The van der Waals surface area contributed by atoms with E-state index in [2.05, 4.69) is 30.6 Å². The van der Waals surface area contributed by atoms with E-state index in [-0.39, 0.29) is 0 Å². The van der Waals surface area contributed by atoms with Gasteiger partial charge in [0, 0.05) is 10.9 Å². The van der Waals surface area contributed by atoms with Crippen LogP contribution in [0.1, 0.15) is 74.8 Å². The van der Waals surface area contributed by atoms with Crippen molar-refractivity contribution in [1.29, 1.82) is 0 Å². The maximum Gasteiger partial charge on any atom is 0.0331 e. The lowest BCUT2D eigenvalue weighted by Gasteiger charge is -2.25. The fourth-order valence-corrected chi connectivity index (χ4v) is 4.09. The van der Waals surface area contributed by atoms with Crippen molar-refractivity contribution in [2.24, 2.45) is 5.92 Å². The van der Waals surface area contributed by atoms with Gasteiger partial charge in [0.1, 0.15) is 0 Å². The predicted octanol–water partition coefficient (Wildman–Crippen LogP) is 5.46. The molecule has 1 N–H and O–H groups in total. The van der Waals surface area contributed by atoms with Gasteiger partial charge in [-0.05, 0) is 55.7 Å². The summed E-state index contributed by atoms with van der Waals surface area (Å²) < 4.78 is 0. The number of rotatable bonds is 7. The molecule has 0 saturated heterocycles. The van der Waals surface area contributed by atoms with Crippen molar-refractivity contribution in [3.8, 4) is 0 Å². The minimum absolute atomic E-state index is 0.591. The highest BCUT2D eigenvalue weighted by Crippen LogP contribution is 2.32. The van der Waals surface area contributed by atoms with Crippen LogP contribution in [0, 0.1) is 12.8 Å². The minimum atomic E-state index is 0.591. The standard InChI is InChI=1S/C17H29NS/c1-3-12-18-17(16-11-13-19-14(16)2)10-9-15-7-5-4-6-8-15/h11,13,15,17-18H,3-10,12H2,1-2H3. The Morgan fingerprint density at radius 1 is 1.32 bits per heavy atom. The van der Waals surface area contributed by atoms with Crippen LogP contribution in [0.4, 0.5) is 0 Å². The van der Waals surface area contributed by atoms with Gasteiger partial charge in [-0.3, -0.25) is 0 Å². The predicted molar refractivity (Wildman–Crippen MR) is 85.9 cm³/mol. The Morgan fingerprint density at radius 3 is 2.74 bits per heavy atom. The van der Waals surface area contributed by atoms with Crippen LogP contribution in [0.2, 0.25) is 0 Å². The maximum atomic E-state index is 3.76. The third-order valence-corrected chi connectivity index (χ3v) is 5.36. The lowest BCUT2D eigenvalue weighted by atomic mass is 9.84. The number of hydrogen-bond acceptors (Lipinski definition) is 2. The van der Waals surface area contributed by atoms with E-state index in [1.807, 2.05) is 11.3 Å². The van der Waals surface area contributed by atoms with E-state index < -0.39 is 0 Å². The highest BCUT2D eigenvalue weighted by atomic mass is 32.1. The van der Waals surface area contributed by atoms with Gasteiger partial charge in [-0.25, -0.2) is 0 Å². The van der Waals surface area contributed by atoms with Crippen molar-refractivity contribution in [2.45, 2.75) is 71.3 Å². The Balaban J connectivity index is 1.88. The lowest BCUT2D eigenvalue weighted by Crippen LogP contribution is -2.23. The molecule has 108 valence electrons. The van der Waals surface area contributed by atoms with Gasteiger partial charge in [0.15, 0.2) is 0 Å². The molecule has 1 saturated carbocycles. The minimum Gasteiger partial charge on any atom is -0.310 e. The van der Waals surface area contributed by atoms with Crippen LogP contribution >= 0.6 is 11.3 Å². The molecule has 1 atom stereocenters. The van der Waals surface area contributed by atoms with E-state index >= 15 is 0 Å². The second-order valence-corrected chi connectivity index (χ2v) is 7.14. The Labute approximate surface area is 122 Å². The summed E-state index contributed by atoms with van der Waals surface area (Å²) in [6.45, 7) is 5.66. The van der Waals surface area contributed by atoms with Gasteiger partial charge in [0.25, 0.3) is 0 Å². The molecule has 2 heteroatoms. The van der Waals surface area contributed by atoms with Crippen molar-refractivity contribution in [1.82, 2.24) is 5.32 Å². The van der Waals surface area contributed by atoms with Gasteiger partial charge < -0.3 is 5.32 Å². The molecule has 1 nitrogen and oxygen atoms in total. The SMILES string of the molecule is CCCNC(CCC1CCCCC1)c1ccsc1C. The molecule has 0 bridgehead atoms. The summed E-state index contributed by atoms with van der Waals surface area (Å²) in [4.78, 5) is 1.50. The zero-order valence-electron chi connectivity index (χ0n) is 12.6. The summed E-state index contributed by atoms with van der Waals surface area (Å²) in [6.07, 6.45) is 11.3. The Kier molecular flexibility index (Phi) is 6.39. The molecular formula is C17H29NS. The molecule has 2 rings (SSSR count). The molecule has 1 aromatic heterocycles. The van der Waals surface area contributed by atoms with Gasteiger partial charge in [0.05, 0.1) is 0 Å². The van der Waals surface area contributed by atoms with Crippen LogP contribution in [0.15, 0.2) is 11.4 Å². The lowest BCUT2D eigenvalue weighted by molar-refractivity contribution is 0.314. The molecule has 1 aliphatic carbocycles. The third kappa shape index (κ3) is 4.61. The summed E-state index contributed by atoms with van der Waals surface area (Å²) in [5, 5.41) is 6.00. The number of thiophene rings is 1. The van der Waals surface area contributed by atoms with Crippen molar-refractivity contribution in [2.75, 3.05) is 6.54 Å². The first-order valence-electron chi connectivity index (χ1n) is 8.08. The monoisotopic (exact) mass is 279 g/mol. The molecule has 0 spiro atoms. The third-order valence-electron chi connectivity index (χ3n) is 4.50. The first kappa shape index (κ1) is 15.1. The largest absolute Gasteiger partial charge is 0.310 e. The van der Waals surface area contributed by atoms with Crippen LogP contribution in [-0.2, 0) is 0 Å². The fourth-order valence-electron chi connectivity index (χ4n) is 3.32. The van der Waals surface area contributed by atoms with E-state index in [0.717, 1.165) is 12.5 Å². The molecule has 0 radical (unpaired) electrons. The molecule has 1 unspecified atom stereocenters. The molecule has 0 aromatic carbocycles. The van der Waals surface area contributed by atoms with E-state index in [0.29, 0.717) is 6.04 Å². The Morgan fingerprint density at radius 2 is 2.11 bits per heavy atom. The van der Waals surface area contributed by atoms with Crippen molar-refractivity contribution < 1.29 is 0 Å². The smallest absolute Gasteiger partial charge is 0.0331 e. The second-order valence-electron chi connectivity index (χ2n) is 6.02. The molecule has 0 amide bonds. The number of nitrogens with one attached hydrogen (secondary N) is 1. The van der Waals surface area contributed by atoms with Gasteiger partial charge in [-0.1, -0.05) is 39.0 Å². The Hall–Kier alpha value is -0.340. The van der Waals surface area contributed by atoms with Crippen LogP contribution in [0.3, 0.4) is 0 Å². The molecule has 1 fully saturated rings. The fraction of sp³-hybridized carbons (Fsp3) is 0.765. The maximum absolute atomic E-state index is 3.76. The van der Waals surface area contributed by atoms with Crippen LogP contribution in [0.25, 0.3) is 0 Å². The first-order valence-corrected chi connectivity index (χ1v) is 8.96. The number of hydrogen-bond donors (Lipinski definition) is 1. The van der Waals surface area contributed by atoms with Gasteiger partial charge in [-0.15, -0.1) is 11.3 Å². The van der Waals surface area contributed by atoms with Gasteiger partial charge in [0.2, 0.25) is 0 Å². The second kappa shape index (κ2) is 8.06. The summed E-state index contributed by atoms with van der Waals surface area (Å²) in [5.74, 6) is 0.999. The van der Waals surface area contributed by atoms with Crippen LogP contribution < -0.4 is 5.32 Å². The molecular weight excluding hydrogens is 250 g/mol. The van der Waals surface area contributed by atoms with E-state index in [1.165, 1.54) is 56.2 Å². The van der Waals surface area contributed by atoms with Gasteiger partial charge in [-0.2, -0.15) is 0 Å². The number of aryl methyl sites for hydroxylation is 1. The Bertz CT molecular complexity index is 352. The normalized spacial score (nSPS) is 18.6. The van der Waals surface area contributed by atoms with Crippen LogP contribution in [-0.4, -0.2) is 6.54 Å². The highest BCUT2D eigenvalue weighted by Gasteiger charge is 2.18. The zero-order valence-corrected chi connectivity index (χ0v) is 13.4. The van der Waals surface area contributed by atoms with Crippen molar-refractivity contribution in [3.05, 3.63) is 21.9 Å². The molecule has 1 aliphatic rings. The molecule has 1 aromatic rings. The van der Waals surface area contributed by atoms with Crippen molar-refractivity contribution in [3.63, 3.8) is 0 Å². The first-order chi connectivity index (χ1) is 9.31. The molecule has 0 aliphatic heterocycles. The average molecular weight is 279 g/mol. The molecule has 19 heavy (non-hydrogen) atoms. The van der Waals surface area contributed by atoms with E-state index in [4.69, 9.17) is 0 Å². The summed E-state index contributed by atoms with van der Waals surface area (Å²) in [5.41, 5.74) is 1.55. The average Bonchev–Trinajstić information content (AvgIpc) is 2.86.